The van der Waals surface area contributed by atoms with E-state index in [-0.39, 0.29) is 23.5 Å². The van der Waals surface area contributed by atoms with Crippen molar-refractivity contribution in [3.05, 3.63) is 94.0 Å². The lowest BCUT2D eigenvalue weighted by Gasteiger charge is -2.13. The lowest BCUT2D eigenvalue weighted by molar-refractivity contribution is 0.0503. The summed E-state index contributed by atoms with van der Waals surface area (Å²) in [6.45, 7) is 2.80. The summed E-state index contributed by atoms with van der Waals surface area (Å²) >= 11 is 3.38. The maximum absolute atomic E-state index is 12.9. The fraction of sp³-hybridized carbons (Fsp3) is 0.231. The van der Waals surface area contributed by atoms with Crippen molar-refractivity contribution in [3.63, 3.8) is 0 Å². The zero-order chi connectivity index (χ0) is 22.8. The lowest BCUT2D eigenvalue weighted by Crippen LogP contribution is -2.15. The highest BCUT2D eigenvalue weighted by Gasteiger charge is 2.20. The van der Waals surface area contributed by atoms with Gasteiger partial charge in [-0.2, -0.15) is 0 Å². The predicted octanol–water partition coefficient (Wildman–Crippen LogP) is 6.25. The molecule has 0 saturated heterocycles. The van der Waals surface area contributed by atoms with Crippen LogP contribution in [-0.2, 0) is 11.2 Å². The molecule has 0 fully saturated rings. The molecule has 0 unspecified atom stereocenters. The minimum absolute atomic E-state index is 0.140. The average Bonchev–Trinajstić information content (AvgIpc) is 2.81. The highest BCUT2D eigenvalue weighted by atomic mass is 79.9. The van der Waals surface area contributed by atoms with Gasteiger partial charge in [0.25, 0.3) is 0 Å². The minimum atomic E-state index is -0.609. The first-order valence-electron chi connectivity index (χ1n) is 10.5. The van der Waals surface area contributed by atoms with E-state index in [4.69, 9.17) is 14.2 Å². The Kier molecular flexibility index (Phi) is 8.87. The van der Waals surface area contributed by atoms with Gasteiger partial charge < -0.3 is 14.2 Å². The number of halogens is 1. The fourth-order valence-corrected chi connectivity index (χ4v) is 3.34. The number of unbranched alkanes of at least 4 members (excludes halogenated alkanes) is 1. The van der Waals surface area contributed by atoms with Gasteiger partial charge in [0.1, 0.15) is 22.6 Å². The average molecular weight is 497 g/mol. The SMILES string of the molecule is CCCCOc1ccc(Br)cc1C(=O)Oc1ccccc1C(=O)OCCc1ccccc1. The molecular weight excluding hydrogens is 472 g/mol. The first-order valence-corrected chi connectivity index (χ1v) is 11.3. The van der Waals surface area contributed by atoms with E-state index in [2.05, 4.69) is 22.9 Å². The highest BCUT2D eigenvalue weighted by molar-refractivity contribution is 9.10. The zero-order valence-electron chi connectivity index (χ0n) is 17.9. The quantitative estimate of drug-likeness (QED) is 0.188. The normalized spacial score (nSPS) is 10.4. The summed E-state index contributed by atoms with van der Waals surface area (Å²) in [4.78, 5) is 25.5. The van der Waals surface area contributed by atoms with E-state index in [1.54, 1.807) is 42.5 Å². The Morgan fingerprint density at radius 1 is 0.812 bits per heavy atom. The monoisotopic (exact) mass is 496 g/mol. The maximum atomic E-state index is 12.9. The molecule has 0 radical (unpaired) electrons. The largest absolute Gasteiger partial charge is 0.493 e. The van der Waals surface area contributed by atoms with Gasteiger partial charge in [0.15, 0.2) is 0 Å². The summed E-state index contributed by atoms with van der Waals surface area (Å²) in [6, 6.07) is 21.5. The van der Waals surface area contributed by atoms with Crippen LogP contribution in [0.25, 0.3) is 0 Å². The first-order chi connectivity index (χ1) is 15.6. The van der Waals surface area contributed by atoms with E-state index in [9.17, 15) is 9.59 Å². The van der Waals surface area contributed by atoms with E-state index in [0.717, 1.165) is 22.9 Å². The number of carbonyl (C=O) groups excluding carboxylic acids is 2. The van der Waals surface area contributed by atoms with E-state index in [1.807, 2.05) is 30.3 Å². The molecule has 3 rings (SSSR count). The van der Waals surface area contributed by atoms with Crippen LogP contribution in [0.4, 0.5) is 0 Å². The van der Waals surface area contributed by atoms with Crippen LogP contribution in [0, 0.1) is 0 Å². The molecule has 0 N–H and O–H groups in total. The van der Waals surface area contributed by atoms with Gasteiger partial charge in [-0.3, -0.25) is 0 Å². The highest BCUT2D eigenvalue weighted by Crippen LogP contribution is 2.27. The third-order valence-corrected chi connectivity index (χ3v) is 5.19. The number of carbonyl (C=O) groups is 2. The summed E-state index contributed by atoms with van der Waals surface area (Å²) < 4.78 is 17.5. The molecule has 0 spiro atoms. The Balaban J connectivity index is 1.70. The smallest absolute Gasteiger partial charge is 0.347 e. The van der Waals surface area contributed by atoms with Gasteiger partial charge in [0.2, 0.25) is 0 Å². The van der Waals surface area contributed by atoms with Gasteiger partial charge in [-0.15, -0.1) is 0 Å². The van der Waals surface area contributed by atoms with Crippen LogP contribution in [-0.4, -0.2) is 25.2 Å². The van der Waals surface area contributed by atoms with Crippen LogP contribution in [0.5, 0.6) is 11.5 Å². The zero-order valence-corrected chi connectivity index (χ0v) is 19.5. The van der Waals surface area contributed by atoms with Crippen molar-refractivity contribution in [2.24, 2.45) is 0 Å². The van der Waals surface area contributed by atoms with E-state index in [1.165, 1.54) is 0 Å². The molecule has 166 valence electrons. The van der Waals surface area contributed by atoms with Crippen molar-refractivity contribution in [1.29, 1.82) is 0 Å². The number of ether oxygens (including phenoxy) is 3. The third kappa shape index (κ3) is 6.69. The topological polar surface area (TPSA) is 61.8 Å². The van der Waals surface area contributed by atoms with Crippen molar-refractivity contribution in [2.45, 2.75) is 26.2 Å². The number of benzene rings is 3. The number of rotatable bonds is 10. The number of hydrogen-bond donors (Lipinski definition) is 0. The van der Waals surface area contributed by atoms with Crippen molar-refractivity contribution in [2.75, 3.05) is 13.2 Å². The molecule has 5 nitrogen and oxygen atoms in total. The maximum Gasteiger partial charge on any atom is 0.347 e. The van der Waals surface area contributed by atoms with Crippen molar-refractivity contribution in [1.82, 2.24) is 0 Å². The number of para-hydroxylation sites is 1. The second kappa shape index (κ2) is 12.1. The van der Waals surface area contributed by atoms with Crippen molar-refractivity contribution < 1.29 is 23.8 Å². The Labute approximate surface area is 196 Å². The van der Waals surface area contributed by atoms with Gasteiger partial charge in [-0.1, -0.05) is 71.7 Å². The fourth-order valence-electron chi connectivity index (χ4n) is 2.98. The third-order valence-electron chi connectivity index (χ3n) is 4.69. The molecule has 0 bridgehead atoms. The Bertz CT molecular complexity index is 1050. The molecule has 3 aromatic rings. The summed E-state index contributed by atoms with van der Waals surface area (Å²) in [7, 11) is 0. The molecule has 32 heavy (non-hydrogen) atoms. The van der Waals surface area contributed by atoms with Crippen LogP contribution < -0.4 is 9.47 Å². The molecule has 6 heteroatoms. The number of esters is 2. The van der Waals surface area contributed by atoms with Gasteiger partial charge in [0.05, 0.1) is 13.2 Å². The van der Waals surface area contributed by atoms with Gasteiger partial charge in [0, 0.05) is 10.9 Å². The molecule has 0 aliphatic carbocycles. The molecule has 0 aliphatic rings. The summed E-state index contributed by atoms with van der Waals surface area (Å²) in [5, 5.41) is 0. The van der Waals surface area contributed by atoms with Gasteiger partial charge in [-0.25, -0.2) is 9.59 Å². The second-order valence-corrected chi connectivity index (χ2v) is 8.02. The van der Waals surface area contributed by atoms with Crippen LogP contribution in [0.1, 0.15) is 46.0 Å². The lowest BCUT2D eigenvalue weighted by atomic mass is 10.1. The summed E-state index contributed by atoms with van der Waals surface area (Å²) in [5.74, 6) is -0.573. The van der Waals surface area contributed by atoms with Crippen molar-refractivity contribution in [3.8, 4) is 11.5 Å². The summed E-state index contributed by atoms with van der Waals surface area (Å²) in [5.41, 5.74) is 1.55. The molecule has 0 amide bonds. The van der Waals surface area contributed by atoms with Gasteiger partial charge in [-0.05, 0) is 42.3 Å². The molecular formula is C26H25BrO5. The molecule has 0 saturated carbocycles. The summed E-state index contributed by atoms with van der Waals surface area (Å²) in [6.07, 6.45) is 2.46. The molecule has 0 aliphatic heterocycles. The van der Waals surface area contributed by atoms with Crippen molar-refractivity contribution >= 4 is 27.9 Å². The van der Waals surface area contributed by atoms with Gasteiger partial charge >= 0.3 is 11.9 Å². The Morgan fingerprint density at radius 2 is 1.56 bits per heavy atom. The number of hydrogen-bond acceptors (Lipinski definition) is 5. The molecule has 0 atom stereocenters. The van der Waals surface area contributed by atoms with Crippen LogP contribution in [0.2, 0.25) is 0 Å². The molecule has 0 aromatic heterocycles. The van der Waals surface area contributed by atoms with Crippen LogP contribution in [0.15, 0.2) is 77.3 Å². The van der Waals surface area contributed by atoms with E-state index < -0.39 is 11.9 Å². The second-order valence-electron chi connectivity index (χ2n) is 7.10. The molecule has 3 aromatic carbocycles. The Hall–Kier alpha value is -3.12. The van der Waals surface area contributed by atoms with Crippen LogP contribution >= 0.6 is 15.9 Å². The molecule has 0 heterocycles. The Morgan fingerprint density at radius 3 is 2.34 bits per heavy atom. The van der Waals surface area contributed by atoms with Crippen LogP contribution in [0.3, 0.4) is 0 Å². The van der Waals surface area contributed by atoms with E-state index in [0.29, 0.717) is 18.8 Å². The van der Waals surface area contributed by atoms with E-state index >= 15 is 0 Å². The standard InChI is InChI=1S/C26H25BrO5/c1-2-3-16-30-23-14-13-20(27)18-22(23)26(29)32-24-12-8-7-11-21(24)25(28)31-17-15-19-9-5-4-6-10-19/h4-14,18H,2-3,15-17H2,1H3. The first kappa shape index (κ1) is 23.5. The minimum Gasteiger partial charge on any atom is -0.493 e. The predicted molar refractivity (Wildman–Crippen MR) is 126 cm³/mol.